The van der Waals surface area contributed by atoms with Crippen LogP contribution in [0.25, 0.3) is 0 Å². The number of aromatic nitrogens is 1. The zero-order valence-corrected chi connectivity index (χ0v) is 17.7. The van der Waals surface area contributed by atoms with E-state index in [9.17, 15) is 4.39 Å². The topological polar surface area (TPSA) is 53.0 Å². The van der Waals surface area contributed by atoms with Crippen LogP contribution in [0.3, 0.4) is 0 Å². The summed E-state index contributed by atoms with van der Waals surface area (Å²) in [7, 11) is 1.77. The predicted octanol–water partition coefficient (Wildman–Crippen LogP) is 2.68. The Morgan fingerprint density at radius 3 is 2.77 bits per heavy atom. The molecule has 0 atom stereocenters. The minimum atomic E-state index is -0.448. The second-order valence-corrected chi connectivity index (χ2v) is 6.46. The highest BCUT2D eigenvalue weighted by Gasteiger charge is 2.20. The summed E-state index contributed by atoms with van der Waals surface area (Å²) in [5.41, 5.74) is 0. The van der Waals surface area contributed by atoms with Crippen LogP contribution < -0.4 is 15.0 Å². The van der Waals surface area contributed by atoms with E-state index in [1.54, 1.807) is 18.4 Å². The van der Waals surface area contributed by atoms with Gasteiger partial charge in [0.2, 0.25) is 5.88 Å². The average Bonchev–Trinajstić information content (AvgIpc) is 3.18. The molecular weight excluding hydrogens is 468 g/mol. The lowest BCUT2D eigenvalue weighted by molar-refractivity contribution is 0.289. The van der Waals surface area contributed by atoms with Crippen LogP contribution in [-0.2, 0) is 0 Å². The molecule has 1 aliphatic rings. The van der Waals surface area contributed by atoms with Crippen LogP contribution in [-0.4, -0.2) is 62.2 Å². The Bertz CT molecular complexity index is 692. The second-order valence-electron chi connectivity index (χ2n) is 5.54. The van der Waals surface area contributed by atoms with Gasteiger partial charge in [0, 0.05) is 39.4 Å². The van der Waals surface area contributed by atoms with Crippen molar-refractivity contribution in [2.24, 2.45) is 4.99 Å². The van der Waals surface area contributed by atoms with Crippen LogP contribution >= 0.6 is 35.3 Å². The van der Waals surface area contributed by atoms with Crippen LogP contribution in [0.2, 0.25) is 0 Å². The van der Waals surface area contributed by atoms with Crippen molar-refractivity contribution >= 4 is 46.3 Å². The third-order valence-electron chi connectivity index (χ3n) is 3.96. The lowest BCUT2D eigenvalue weighted by Crippen LogP contribution is -2.52. The SMILES string of the molecule is CN=C(NCCOc1ncccc1F)N1CCN(c2cccs2)CC1.I. The normalized spacial score (nSPS) is 14.8. The second kappa shape index (κ2) is 10.5. The molecule has 0 bridgehead atoms. The number of piperazine rings is 1. The van der Waals surface area contributed by atoms with E-state index >= 15 is 0 Å². The van der Waals surface area contributed by atoms with Crippen molar-refractivity contribution in [1.82, 2.24) is 15.2 Å². The molecule has 0 spiro atoms. The molecule has 1 N–H and O–H groups in total. The van der Waals surface area contributed by atoms with Crippen LogP contribution in [0, 0.1) is 5.82 Å². The van der Waals surface area contributed by atoms with Gasteiger partial charge in [0.1, 0.15) is 6.61 Å². The van der Waals surface area contributed by atoms with Crippen molar-refractivity contribution < 1.29 is 9.13 Å². The molecule has 3 heterocycles. The quantitative estimate of drug-likeness (QED) is 0.302. The monoisotopic (exact) mass is 491 g/mol. The summed E-state index contributed by atoms with van der Waals surface area (Å²) in [6, 6.07) is 7.11. The maximum Gasteiger partial charge on any atom is 0.250 e. The molecule has 1 aliphatic heterocycles. The largest absolute Gasteiger partial charge is 0.474 e. The van der Waals surface area contributed by atoms with Gasteiger partial charge < -0.3 is 19.9 Å². The molecule has 0 amide bonds. The van der Waals surface area contributed by atoms with E-state index in [4.69, 9.17) is 4.74 Å². The van der Waals surface area contributed by atoms with E-state index in [0.29, 0.717) is 13.2 Å². The molecule has 1 saturated heterocycles. The number of anilines is 1. The van der Waals surface area contributed by atoms with E-state index in [1.165, 1.54) is 23.3 Å². The van der Waals surface area contributed by atoms with Crippen molar-refractivity contribution in [2.75, 3.05) is 51.3 Å². The van der Waals surface area contributed by atoms with Crippen molar-refractivity contribution in [3.8, 4) is 5.88 Å². The van der Waals surface area contributed by atoms with Gasteiger partial charge >= 0.3 is 0 Å². The molecule has 0 aromatic carbocycles. The Labute approximate surface area is 174 Å². The standard InChI is InChI=1S/C17H22FN5OS.HI/c1-19-17(21-7-12-24-16-14(18)4-2-6-20-16)23-10-8-22(9-11-23)15-5-3-13-25-15;/h2-6,13H,7-12H2,1H3,(H,19,21);1H. The van der Waals surface area contributed by atoms with Gasteiger partial charge in [-0.1, -0.05) is 0 Å². The number of pyridine rings is 1. The number of ether oxygens (including phenoxy) is 1. The number of nitrogens with one attached hydrogen (secondary N) is 1. The predicted molar refractivity (Wildman–Crippen MR) is 115 cm³/mol. The van der Waals surface area contributed by atoms with Crippen LogP contribution in [0.4, 0.5) is 9.39 Å². The molecule has 0 unspecified atom stereocenters. The van der Waals surface area contributed by atoms with Gasteiger partial charge in [0.25, 0.3) is 0 Å². The summed E-state index contributed by atoms with van der Waals surface area (Å²) < 4.78 is 18.8. The summed E-state index contributed by atoms with van der Waals surface area (Å²) in [4.78, 5) is 12.8. The van der Waals surface area contributed by atoms with Crippen molar-refractivity contribution in [1.29, 1.82) is 0 Å². The summed E-state index contributed by atoms with van der Waals surface area (Å²) >= 11 is 1.77. The molecule has 0 radical (unpaired) electrons. The smallest absolute Gasteiger partial charge is 0.250 e. The minimum absolute atomic E-state index is 0. The third-order valence-corrected chi connectivity index (χ3v) is 4.89. The molecule has 2 aromatic rings. The van der Waals surface area contributed by atoms with Crippen molar-refractivity contribution in [3.05, 3.63) is 41.7 Å². The van der Waals surface area contributed by atoms with E-state index in [-0.39, 0.29) is 29.9 Å². The van der Waals surface area contributed by atoms with Gasteiger partial charge in [0.15, 0.2) is 11.8 Å². The molecule has 142 valence electrons. The number of thiophene rings is 1. The number of hydrogen-bond acceptors (Lipinski definition) is 5. The number of halogens is 2. The summed E-state index contributed by atoms with van der Waals surface area (Å²) in [5, 5.41) is 6.68. The third kappa shape index (κ3) is 5.44. The molecule has 2 aromatic heterocycles. The Hall–Kier alpha value is -1.62. The molecule has 6 nitrogen and oxygen atoms in total. The zero-order chi connectivity index (χ0) is 17.5. The first-order valence-electron chi connectivity index (χ1n) is 8.25. The highest BCUT2D eigenvalue weighted by molar-refractivity contribution is 14.0. The lowest BCUT2D eigenvalue weighted by atomic mass is 10.3. The van der Waals surface area contributed by atoms with Gasteiger partial charge in [-0.15, -0.1) is 35.3 Å². The van der Waals surface area contributed by atoms with E-state index in [2.05, 4.69) is 42.6 Å². The van der Waals surface area contributed by atoms with Crippen LogP contribution in [0.5, 0.6) is 5.88 Å². The number of hydrogen-bond donors (Lipinski definition) is 1. The van der Waals surface area contributed by atoms with Gasteiger partial charge in [-0.25, -0.2) is 9.37 Å². The van der Waals surface area contributed by atoms with Crippen LogP contribution in [0.15, 0.2) is 40.8 Å². The molecule has 0 aliphatic carbocycles. The number of aliphatic imine (C=N–C) groups is 1. The molecular formula is C17H23FIN5OS. The molecule has 0 saturated carbocycles. The molecule has 3 rings (SSSR count). The Morgan fingerprint density at radius 1 is 1.31 bits per heavy atom. The highest BCUT2D eigenvalue weighted by atomic mass is 127. The van der Waals surface area contributed by atoms with Crippen molar-refractivity contribution in [3.63, 3.8) is 0 Å². The fourth-order valence-corrected chi connectivity index (χ4v) is 3.49. The Kier molecular flexibility index (Phi) is 8.36. The summed E-state index contributed by atoms with van der Waals surface area (Å²) in [5.74, 6) is 0.427. The maximum atomic E-state index is 13.4. The fraction of sp³-hybridized carbons (Fsp3) is 0.412. The number of guanidine groups is 1. The van der Waals surface area contributed by atoms with Crippen LogP contribution in [0.1, 0.15) is 0 Å². The van der Waals surface area contributed by atoms with Gasteiger partial charge in [-0.05, 0) is 29.6 Å². The van der Waals surface area contributed by atoms with E-state index in [1.807, 2.05) is 0 Å². The zero-order valence-electron chi connectivity index (χ0n) is 14.6. The van der Waals surface area contributed by atoms with E-state index in [0.717, 1.165) is 32.1 Å². The molecule has 1 fully saturated rings. The minimum Gasteiger partial charge on any atom is -0.474 e. The van der Waals surface area contributed by atoms with Gasteiger partial charge in [-0.3, -0.25) is 4.99 Å². The first-order valence-corrected chi connectivity index (χ1v) is 9.13. The molecule has 26 heavy (non-hydrogen) atoms. The molecule has 9 heteroatoms. The van der Waals surface area contributed by atoms with Gasteiger partial charge in [-0.2, -0.15) is 0 Å². The lowest BCUT2D eigenvalue weighted by Gasteiger charge is -2.37. The maximum absolute atomic E-state index is 13.4. The number of nitrogens with zero attached hydrogens (tertiary/aromatic N) is 4. The van der Waals surface area contributed by atoms with E-state index < -0.39 is 5.82 Å². The first-order chi connectivity index (χ1) is 12.3. The van der Waals surface area contributed by atoms with Crippen molar-refractivity contribution in [2.45, 2.75) is 0 Å². The Balaban J connectivity index is 0.00000243. The summed E-state index contributed by atoms with van der Waals surface area (Å²) in [6.07, 6.45) is 1.51. The highest BCUT2D eigenvalue weighted by Crippen LogP contribution is 2.22. The average molecular weight is 491 g/mol. The fourth-order valence-electron chi connectivity index (χ4n) is 2.71. The Morgan fingerprint density at radius 2 is 2.12 bits per heavy atom. The van der Waals surface area contributed by atoms with Gasteiger partial charge in [0.05, 0.1) is 11.5 Å². The first kappa shape index (κ1) is 20.7. The number of rotatable bonds is 5. The summed E-state index contributed by atoms with van der Waals surface area (Å²) in [6.45, 7) is 4.62.